The molecule has 1 N–H and O–H groups in total. The Bertz CT molecular complexity index is 334. The molecule has 1 heterocycles. The SMILES string of the molecule is COCCNCc1nnnn1CC1(C)CC1. The van der Waals surface area contributed by atoms with Gasteiger partial charge in [-0.3, -0.25) is 0 Å². The summed E-state index contributed by atoms with van der Waals surface area (Å²) >= 11 is 0. The molecule has 0 bridgehead atoms. The van der Waals surface area contributed by atoms with Crippen LogP contribution in [-0.4, -0.2) is 40.5 Å². The number of tetrazole rings is 1. The van der Waals surface area contributed by atoms with Crippen LogP contribution < -0.4 is 5.32 Å². The Labute approximate surface area is 95.4 Å². The van der Waals surface area contributed by atoms with Gasteiger partial charge in [-0.25, -0.2) is 4.68 Å². The maximum atomic E-state index is 4.96. The first kappa shape index (κ1) is 11.5. The van der Waals surface area contributed by atoms with Crippen LogP contribution in [0.2, 0.25) is 0 Å². The predicted molar refractivity (Wildman–Crippen MR) is 58.7 cm³/mol. The Morgan fingerprint density at radius 1 is 1.50 bits per heavy atom. The smallest absolute Gasteiger partial charge is 0.165 e. The monoisotopic (exact) mass is 225 g/mol. The Balaban J connectivity index is 1.81. The van der Waals surface area contributed by atoms with Crippen LogP contribution >= 0.6 is 0 Å². The van der Waals surface area contributed by atoms with Crippen molar-refractivity contribution in [3.05, 3.63) is 5.82 Å². The lowest BCUT2D eigenvalue weighted by Gasteiger charge is -2.09. The van der Waals surface area contributed by atoms with E-state index in [0.717, 1.165) is 18.9 Å². The molecule has 90 valence electrons. The van der Waals surface area contributed by atoms with E-state index in [0.29, 0.717) is 18.6 Å². The molecular formula is C10H19N5O. The Morgan fingerprint density at radius 3 is 3.00 bits per heavy atom. The van der Waals surface area contributed by atoms with Gasteiger partial charge in [0.15, 0.2) is 5.82 Å². The van der Waals surface area contributed by atoms with Crippen molar-refractivity contribution in [1.29, 1.82) is 0 Å². The lowest BCUT2D eigenvalue weighted by atomic mass is 10.1. The normalized spacial score (nSPS) is 17.6. The summed E-state index contributed by atoms with van der Waals surface area (Å²) < 4.78 is 6.87. The summed E-state index contributed by atoms with van der Waals surface area (Å²) in [6.07, 6.45) is 2.56. The van der Waals surface area contributed by atoms with Crippen LogP contribution in [0.25, 0.3) is 0 Å². The zero-order valence-corrected chi connectivity index (χ0v) is 9.94. The molecule has 6 heteroatoms. The largest absolute Gasteiger partial charge is 0.383 e. The minimum Gasteiger partial charge on any atom is -0.383 e. The maximum Gasteiger partial charge on any atom is 0.165 e. The average Bonchev–Trinajstić information content (AvgIpc) is 2.83. The van der Waals surface area contributed by atoms with Gasteiger partial charge in [-0.05, 0) is 28.7 Å². The number of rotatable bonds is 7. The van der Waals surface area contributed by atoms with E-state index >= 15 is 0 Å². The molecule has 1 fully saturated rings. The van der Waals surface area contributed by atoms with E-state index in [1.807, 2.05) is 4.68 Å². The van der Waals surface area contributed by atoms with Crippen LogP contribution in [0.15, 0.2) is 0 Å². The van der Waals surface area contributed by atoms with Crippen LogP contribution in [0.1, 0.15) is 25.6 Å². The molecule has 0 atom stereocenters. The summed E-state index contributed by atoms with van der Waals surface area (Å²) in [7, 11) is 1.69. The van der Waals surface area contributed by atoms with Crippen molar-refractivity contribution in [2.75, 3.05) is 20.3 Å². The maximum absolute atomic E-state index is 4.96. The molecule has 1 aliphatic carbocycles. The van der Waals surface area contributed by atoms with Gasteiger partial charge in [-0.1, -0.05) is 6.92 Å². The molecular weight excluding hydrogens is 206 g/mol. The third kappa shape index (κ3) is 2.99. The summed E-state index contributed by atoms with van der Waals surface area (Å²) in [6.45, 7) is 5.43. The van der Waals surface area contributed by atoms with Gasteiger partial charge < -0.3 is 10.1 Å². The van der Waals surface area contributed by atoms with Crippen LogP contribution in [0.5, 0.6) is 0 Å². The highest BCUT2D eigenvalue weighted by molar-refractivity contribution is 4.91. The van der Waals surface area contributed by atoms with Crippen LogP contribution in [0.3, 0.4) is 0 Å². The standard InChI is InChI=1S/C10H19N5O/c1-10(3-4-10)8-15-9(12-13-14-15)7-11-5-6-16-2/h11H,3-8H2,1-2H3. The van der Waals surface area contributed by atoms with Gasteiger partial charge in [-0.15, -0.1) is 5.10 Å². The zero-order valence-electron chi connectivity index (χ0n) is 9.94. The van der Waals surface area contributed by atoms with Gasteiger partial charge in [0.1, 0.15) is 0 Å². The van der Waals surface area contributed by atoms with Crippen molar-refractivity contribution in [2.24, 2.45) is 5.41 Å². The first-order chi connectivity index (χ1) is 7.73. The van der Waals surface area contributed by atoms with E-state index < -0.39 is 0 Å². The van der Waals surface area contributed by atoms with Gasteiger partial charge in [0.05, 0.1) is 19.7 Å². The lowest BCUT2D eigenvalue weighted by molar-refractivity contribution is 0.198. The van der Waals surface area contributed by atoms with Crippen molar-refractivity contribution >= 4 is 0 Å². The molecule has 16 heavy (non-hydrogen) atoms. The molecule has 6 nitrogen and oxygen atoms in total. The van der Waals surface area contributed by atoms with E-state index in [-0.39, 0.29) is 0 Å². The Morgan fingerprint density at radius 2 is 2.31 bits per heavy atom. The van der Waals surface area contributed by atoms with E-state index in [2.05, 4.69) is 27.8 Å². The molecule has 0 spiro atoms. The molecule has 0 aromatic carbocycles. The number of aromatic nitrogens is 4. The van der Waals surface area contributed by atoms with Gasteiger partial charge in [0.2, 0.25) is 0 Å². The molecule has 1 aromatic rings. The minimum absolute atomic E-state index is 0.427. The van der Waals surface area contributed by atoms with Crippen LogP contribution in [0, 0.1) is 5.41 Å². The highest BCUT2D eigenvalue weighted by Crippen LogP contribution is 2.46. The Kier molecular flexibility index (Phi) is 3.50. The number of hydrogen-bond acceptors (Lipinski definition) is 5. The summed E-state index contributed by atoms with van der Waals surface area (Å²) in [5, 5.41) is 15.0. The van der Waals surface area contributed by atoms with Crippen molar-refractivity contribution in [2.45, 2.75) is 32.9 Å². The zero-order chi connectivity index (χ0) is 11.4. The van der Waals surface area contributed by atoms with Gasteiger partial charge >= 0.3 is 0 Å². The molecule has 2 rings (SSSR count). The number of methoxy groups -OCH3 is 1. The topological polar surface area (TPSA) is 64.9 Å². The molecule has 1 aliphatic rings. The second-order valence-corrected chi connectivity index (χ2v) is 4.73. The fourth-order valence-electron chi connectivity index (χ4n) is 1.58. The number of nitrogens with zero attached hydrogens (tertiary/aromatic N) is 4. The summed E-state index contributed by atoms with van der Waals surface area (Å²) in [5.74, 6) is 0.907. The van der Waals surface area contributed by atoms with Crippen molar-refractivity contribution in [3.8, 4) is 0 Å². The number of nitrogens with one attached hydrogen (secondary N) is 1. The van der Waals surface area contributed by atoms with E-state index in [1.54, 1.807) is 7.11 Å². The van der Waals surface area contributed by atoms with Gasteiger partial charge in [0, 0.05) is 13.7 Å². The lowest BCUT2D eigenvalue weighted by Crippen LogP contribution is -2.22. The molecule has 1 saturated carbocycles. The molecule has 0 unspecified atom stereocenters. The third-order valence-corrected chi connectivity index (χ3v) is 3.01. The second kappa shape index (κ2) is 4.88. The van der Waals surface area contributed by atoms with Crippen molar-refractivity contribution < 1.29 is 4.74 Å². The minimum atomic E-state index is 0.427. The number of ether oxygens (including phenoxy) is 1. The van der Waals surface area contributed by atoms with Crippen LogP contribution in [-0.2, 0) is 17.8 Å². The third-order valence-electron chi connectivity index (χ3n) is 3.01. The van der Waals surface area contributed by atoms with E-state index in [9.17, 15) is 0 Å². The first-order valence-corrected chi connectivity index (χ1v) is 5.68. The average molecular weight is 225 g/mol. The van der Waals surface area contributed by atoms with Crippen molar-refractivity contribution in [3.63, 3.8) is 0 Å². The molecule has 0 radical (unpaired) electrons. The molecule has 0 amide bonds. The van der Waals surface area contributed by atoms with Gasteiger partial charge in [0.25, 0.3) is 0 Å². The van der Waals surface area contributed by atoms with E-state index in [1.165, 1.54) is 12.8 Å². The van der Waals surface area contributed by atoms with Gasteiger partial charge in [-0.2, -0.15) is 0 Å². The predicted octanol–water partition coefficient (Wildman–Crippen LogP) is 0.209. The highest BCUT2D eigenvalue weighted by atomic mass is 16.5. The highest BCUT2D eigenvalue weighted by Gasteiger charge is 2.38. The molecule has 1 aromatic heterocycles. The molecule has 0 saturated heterocycles. The first-order valence-electron chi connectivity index (χ1n) is 5.68. The second-order valence-electron chi connectivity index (χ2n) is 4.73. The van der Waals surface area contributed by atoms with Crippen LogP contribution in [0.4, 0.5) is 0 Å². The van der Waals surface area contributed by atoms with E-state index in [4.69, 9.17) is 4.74 Å². The fourth-order valence-corrected chi connectivity index (χ4v) is 1.58. The summed E-state index contributed by atoms with van der Waals surface area (Å²) in [4.78, 5) is 0. The Hall–Kier alpha value is -1.01. The summed E-state index contributed by atoms with van der Waals surface area (Å²) in [6, 6.07) is 0. The summed E-state index contributed by atoms with van der Waals surface area (Å²) in [5.41, 5.74) is 0.427. The number of hydrogen-bond donors (Lipinski definition) is 1. The molecule has 0 aliphatic heterocycles. The van der Waals surface area contributed by atoms with Crippen molar-refractivity contribution in [1.82, 2.24) is 25.5 Å². The quantitative estimate of drug-likeness (QED) is 0.672. The fraction of sp³-hybridized carbons (Fsp3) is 0.900.